The number of nitrogens with zero attached hydrogens (tertiary/aromatic N) is 1. The third-order valence-corrected chi connectivity index (χ3v) is 4.79. The molecule has 0 atom stereocenters. The van der Waals surface area contributed by atoms with E-state index < -0.39 is 0 Å². The van der Waals surface area contributed by atoms with Gasteiger partial charge in [-0.3, -0.25) is 4.79 Å². The first-order chi connectivity index (χ1) is 11.2. The summed E-state index contributed by atoms with van der Waals surface area (Å²) in [4.78, 5) is 18.6. The fraction of sp³-hybridized carbons (Fsp3) is 0.176. The molecule has 0 fully saturated rings. The quantitative estimate of drug-likeness (QED) is 0.856. The molecule has 118 valence electrons. The van der Waals surface area contributed by atoms with E-state index in [9.17, 15) is 4.79 Å². The Bertz CT molecular complexity index is 777. The highest BCUT2D eigenvalue weighted by Crippen LogP contribution is 2.41. The number of ether oxygens (including phenoxy) is 1. The van der Waals surface area contributed by atoms with Gasteiger partial charge in [-0.05, 0) is 24.3 Å². The molecular formula is C17H15ClN2O2S. The number of methoxy groups -OCH3 is 1. The van der Waals surface area contributed by atoms with Crippen molar-refractivity contribution in [3.8, 4) is 0 Å². The van der Waals surface area contributed by atoms with E-state index in [4.69, 9.17) is 16.3 Å². The van der Waals surface area contributed by atoms with Crippen LogP contribution in [0.4, 0.5) is 5.69 Å². The molecule has 23 heavy (non-hydrogen) atoms. The smallest absolute Gasteiger partial charge is 0.251 e. The number of nitrogens with one attached hydrogen (secondary N) is 1. The molecule has 2 aromatic carbocycles. The number of hydrogen-bond donors (Lipinski definition) is 1. The Balaban J connectivity index is 1.90. The normalized spacial score (nSPS) is 12.7. The lowest BCUT2D eigenvalue weighted by Crippen LogP contribution is -2.26. The van der Waals surface area contributed by atoms with Gasteiger partial charge in [0.2, 0.25) is 0 Å². The van der Waals surface area contributed by atoms with Crippen LogP contribution in [0.2, 0.25) is 0 Å². The van der Waals surface area contributed by atoms with Crippen molar-refractivity contribution in [2.24, 2.45) is 4.99 Å². The molecule has 0 saturated carbocycles. The van der Waals surface area contributed by atoms with Gasteiger partial charge in [-0.2, -0.15) is 0 Å². The van der Waals surface area contributed by atoms with E-state index in [1.54, 1.807) is 31.0 Å². The third kappa shape index (κ3) is 3.58. The van der Waals surface area contributed by atoms with Gasteiger partial charge in [-0.1, -0.05) is 41.6 Å². The van der Waals surface area contributed by atoms with E-state index in [2.05, 4.69) is 10.3 Å². The van der Waals surface area contributed by atoms with Crippen LogP contribution in [0.15, 0.2) is 57.2 Å². The third-order valence-electron chi connectivity index (χ3n) is 3.36. The van der Waals surface area contributed by atoms with E-state index in [0.717, 1.165) is 15.4 Å². The van der Waals surface area contributed by atoms with E-state index in [1.807, 2.05) is 30.3 Å². The summed E-state index contributed by atoms with van der Waals surface area (Å²) in [6.07, 6.45) is 0. The first kappa shape index (κ1) is 16.1. The highest BCUT2D eigenvalue weighted by atomic mass is 35.5. The second kappa shape index (κ2) is 7.17. The van der Waals surface area contributed by atoms with E-state index in [0.29, 0.717) is 29.6 Å². The molecule has 0 saturated heterocycles. The van der Waals surface area contributed by atoms with Crippen molar-refractivity contribution in [3.05, 3.63) is 53.6 Å². The van der Waals surface area contributed by atoms with Gasteiger partial charge < -0.3 is 10.1 Å². The number of benzene rings is 2. The minimum atomic E-state index is -0.150. The minimum absolute atomic E-state index is 0.150. The van der Waals surface area contributed by atoms with Crippen LogP contribution in [0.1, 0.15) is 15.9 Å². The van der Waals surface area contributed by atoms with E-state index in [1.165, 1.54) is 0 Å². The first-order valence-electron chi connectivity index (χ1n) is 7.11. The maximum atomic E-state index is 12.1. The standard InChI is InChI=1S/C17H15ClN2O2S/c1-22-9-8-19-17(21)11-6-7-15-13(10-11)20-16(18)12-4-2-3-5-14(12)23-15/h2-7,10H,8-9H2,1H3,(H,19,21). The van der Waals surface area contributed by atoms with Crippen molar-refractivity contribution >= 4 is 40.1 Å². The summed E-state index contributed by atoms with van der Waals surface area (Å²) < 4.78 is 4.93. The van der Waals surface area contributed by atoms with Crippen LogP contribution >= 0.6 is 23.4 Å². The molecule has 1 aliphatic heterocycles. The summed E-state index contributed by atoms with van der Waals surface area (Å²) in [6, 6.07) is 13.3. The van der Waals surface area contributed by atoms with Crippen LogP contribution in [-0.4, -0.2) is 31.3 Å². The molecule has 0 bridgehead atoms. The largest absolute Gasteiger partial charge is 0.383 e. The second-order valence-electron chi connectivity index (χ2n) is 4.93. The molecule has 2 aromatic rings. The Hall–Kier alpha value is -1.82. The Kier molecular flexibility index (Phi) is 5.00. The molecule has 0 aliphatic carbocycles. The van der Waals surface area contributed by atoms with Crippen molar-refractivity contribution < 1.29 is 9.53 Å². The van der Waals surface area contributed by atoms with Crippen molar-refractivity contribution in [1.29, 1.82) is 0 Å². The average molecular weight is 347 g/mol. The van der Waals surface area contributed by atoms with Crippen molar-refractivity contribution in [1.82, 2.24) is 5.32 Å². The summed E-state index contributed by atoms with van der Waals surface area (Å²) in [5.74, 6) is -0.150. The summed E-state index contributed by atoms with van der Waals surface area (Å²) in [5, 5.41) is 3.23. The number of carbonyl (C=O) groups is 1. The Labute approximate surface area is 143 Å². The Morgan fingerprint density at radius 2 is 2.09 bits per heavy atom. The number of fused-ring (bicyclic) bond motifs is 2. The van der Waals surface area contributed by atoms with Crippen LogP contribution in [0, 0.1) is 0 Å². The molecule has 0 unspecified atom stereocenters. The van der Waals surface area contributed by atoms with Crippen LogP contribution in [0.3, 0.4) is 0 Å². The van der Waals surface area contributed by atoms with Crippen LogP contribution in [-0.2, 0) is 4.74 Å². The number of amides is 1. The second-order valence-corrected chi connectivity index (χ2v) is 6.37. The lowest BCUT2D eigenvalue weighted by Gasteiger charge is -2.08. The lowest BCUT2D eigenvalue weighted by molar-refractivity contribution is 0.0937. The topological polar surface area (TPSA) is 50.7 Å². The monoisotopic (exact) mass is 346 g/mol. The number of halogens is 1. The highest BCUT2D eigenvalue weighted by molar-refractivity contribution is 7.99. The maximum absolute atomic E-state index is 12.1. The van der Waals surface area contributed by atoms with E-state index in [-0.39, 0.29) is 5.91 Å². The van der Waals surface area contributed by atoms with Crippen LogP contribution < -0.4 is 5.32 Å². The molecule has 1 heterocycles. The van der Waals surface area contributed by atoms with Gasteiger partial charge >= 0.3 is 0 Å². The van der Waals surface area contributed by atoms with Crippen molar-refractivity contribution in [3.63, 3.8) is 0 Å². The van der Waals surface area contributed by atoms with Gasteiger partial charge in [0, 0.05) is 34.6 Å². The summed E-state index contributed by atoms with van der Waals surface area (Å²) in [6.45, 7) is 0.947. The summed E-state index contributed by atoms with van der Waals surface area (Å²) in [7, 11) is 1.60. The first-order valence-corrected chi connectivity index (χ1v) is 8.31. The predicted molar refractivity (Wildman–Crippen MR) is 93.3 cm³/mol. The Morgan fingerprint density at radius 3 is 2.91 bits per heavy atom. The lowest BCUT2D eigenvalue weighted by atomic mass is 10.2. The van der Waals surface area contributed by atoms with Crippen LogP contribution in [0.5, 0.6) is 0 Å². The molecule has 1 aliphatic rings. The Morgan fingerprint density at radius 1 is 1.26 bits per heavy atom. The zero-order chi connectivity index (χ0) is 16.2. The van der Waals surface area contributed by atoms with E-state index >= 15 is 0 Å². The molecular weight excluding hydrogens is 332 g/mol. The molecule has 0 spiro atoms. The van der Waals surface area contributed by atoms with Gasteiger partial charge in [0.05, 0.1) is 12.3 Å². The van der Waals surface area contributed by atoms with Crippen LogP contribution in [0.25, 0.3) is 0 Å². The van der Waals surface area contributed by atoms with Crippen molar-refractivity contribution in [2.75, 3.05) is 20.3 Å². The molecule has 1 N–H and O–H groups in total. The molecule has 0 aromatic heterocycles. The maximum Gasteiger partial charge on any atom is 0.251 e. The molecule has 3 rings (SSSR count). The fourth-order valence-corrected chi connectivity index (χ4v) is 3.53. The SMILES string of the molecule is COCCNC(=O)c1ccc2c(c1)N=C(Cl)c1ccccc1S2. The molecule has 0 radical (unpaired) electrons. The summed E-state index contributed by atoms with van der Waals surface area (Å²) in [5.41, 5.74) is 2.16. The highest BCUT2D eigenvalue weighted by Gasteiger charge is 2.17. The molecule has 1 amide bonds. The van der Waals surface area contributed by atoms with Gasteiger partial charge in [-0.25, -0.2) is 4.99 Å². The fourth-order valence-electron chi connectivity index (χ4n) is 2.21. The zero-order valence-electron chi connectivity index (χ0n) is 12.5. The van der Waals surface area contributed by atoms with Gasteiger partial charge in [-0.15, -0.1) is 0 Å². The number of hydrogen-bond acceptors (Lipinski definition) is 4. The van der Waals surface area contributed by atoms with Gasteiger partial charge in [0.15, 0.2) is 0 Å². The van der Waals surface area contributed by atoms with Gasteiger partial charge in [0.1, 0.15) is 5.17 Å². The minimum Gasteiger partial charge on any atom is -0.383 e. The average Bonchev–Trinajstić information content (AvgIpc) is 2.70. The molecule has 6 heteroatoms. The number of rotatable bonds is 4. The number of aliphatic imine (C=N–C) groups is 1. The zero-order valence-corrected chi connectivity index (χ0v) is 14.1. The van der Waals surface area contributed by atoms with Gasteiger partial charge in [0.25, 0.3) is 5.91 Å². The molecule has 4 nitrogen and oxygen atoms in total. The predicted octanol–water partition coefficient (Wildman–Crippen LogP) is 3.84. The number of carbonyl (C=O) groups excluding carboxylic acids is 1. The van der Waals surface area contributed by atoms with Crippen molar-refractivity contribution in [2.45, 2.75) is 9.79 Å². The summed E-state index contributed by atoms with van der Waals surface area (Å²) >= 11 is 7.93.